The third-order valence-corrected chi connectivity index (χ3v) is 13.0. The van der Waals surface area contributed by atoms with E-state index in [2.05, 4.69) is 35.2 Å². The summed E-state index contributed by atoms with van der Waals surface area (Å²) in [6.45, 7) is 0. The number of hydrogen-bond donors (Lipinski definition) is 7. The molecule has 21 nitrogen and oxygen atoms in total. The third-order valence-electron chi connectivity index (χ3n) is 8.48. The van der Waals surface area contributed by atoms with Crippen molar-refractivity contribution < 1.29 is 122 Å². The van der Waals surface area contributed by atoms with Gasteiger partial charge in [0.1, 0.15) is 21.2 Å². The van der Waals surface area contributed by atoms with Crippen LogP contribution >= 0.6 is 0 Å². The number of sulfonamides is 2. The zero-order valence-electron chi connectivity index (χ0n) is 31.9. The van der Waals surface area contributed by atoms with E-state index in [9.17, 15) is 63.2 Å². The predicted octanol–water partition coefficient (Wildman–Crippen LogP) is -1.56. The van der Waals surface area contributed by atoms with Gasteiger partial charge in [0.25, 0.3) is 20.2 Å². The van der Waals surface area contributed by atoms with Crippen LogP contribution in [0.5, 0.6) is 23.0 Å². The molecule has 7 N–H and O–H groups in total. The van der Waals surface area contributed by atoms with Gasteiger partial charge in [-0.25, -0.2) is 26.3 Å². The fourth-order valence-corrected chi connectivity index (χ4v) is 8.36. The molecule has 0 saturated heterocycles. The van der Waals surface area contributed by atoms with E-state index in [1.54, 1.807) is 0 Å². The molecule has 0 radical (unpaired) electrons. The Kier molecular flexibility index (Phi) is 15.0. The number of nitrogens with one attached hydrogen (secondary N) is 3. The van der Waals surface area contributed by atoms with Crippen molar-refractivity contribution in [2.24, 2.45) is 20.5 Å². The fourth-order valence-electron chi connectivity index (χ4n) is 5.54. The number of nitrogens with zero attached hydrogens (tertiary/aromatic N) is 4. The zero-order valence-corrected chi connectivity index (χ0v) is 39.1. The van der Waals surface area contributed by atoms with Crippen LogP contribution in [-0.4, -0.2) is 67.1 Å². The maximum atomic E-state index is 12.4. The van der Waals surface area contributed by atoms with E-state index in [-0.39, 0.29) is 102 Å². The van der Waals surface area contributed by atoms with Crippen molar-refractivity contribution in [1.82, 2.24) is 9.44 Å². The van der Waals surface area contributed by atoms with Crippen LogP contribution in [0.25, 0.3) is 21.5 Å². The van der Waals surface area contributed by atoms with Crippen molar-refractivity contribution >= 4 is 96.0 Å². The molecule has 308 valence electrons. The van der Waals surface area contributed by atoms with Gasteiger partial charge in [0.05, 0.1) is 21.2 Å². The van der Waals surface area contributed by atoms with E-state index in [0.717, 1.165) is 62.6 Å². The van der Waals surface area contributed by atoms with Crippen LogP contribution in [0.2, 0.25) is 0 Å². The first-order valence-electron chi connectivity index (χ1n) is 16.2. The molecule has 0 heterocycles. The molecule has 0 unspecified atom stereocenters. The van der Waals surface area contributed by atoms with Gasteiger partial charge in [-0.2, -0.15) is 27.1 Å². The van der Waals surface area contributed by atoms with E-state index in [1.807, 2.05) is 0 Å². The smallest absolute Gasteiger partial charge is 0.871 e. The monoisotopic (exact) mass is 931 g/mol. The van der Waals surface area contributed by atoms with Crippen LogP contribution in [0.15, 0.2) is 125 Å². The minimum atomic E-state index is -5.12. The molecule has 0 saturated carbocycles. The van der Waals surface area contributed by atoms with E-state index < -0.39 is 95.8 Å². The molecular weight excluding hydrogens is 905 g/mol. The van der Waals surface area contributed by atoms with Crippen LogP contribution in [0.4, 0.5) is 34.1 Å². The molecule has 0 aliphatic heterocycles. The number of fused-ring (bicyclic) bond motifs is 2. The molecule has 6 aromatic carbocycles. The number of aromatic hydroxyl groups is 2. The molecule has 0 atom stereocenters. The average molecular weight is 932 g/mol. The second-order valence-corrected chi connectivity index (χ2v) is 18.7. The Morgan fingerprint density at radius 1 is 0.508 bits per heavy atom. The molecule has 6 aromatic rings. The van der Waals surface area contributed by atoms with Gasteiger partial charge in [0, 0.05) is 22.1 Å². The molecule has 27 heteroatoms. The van der Waals surface area contributed by atoms with E-state index >= 15 is 0 Å². The summed E-state index contributed by atoms with van der Waals surface area (Å²) >= 11 is 0. The molecule has 0 bridgehead atoms. The number of phenols is 2. The summed E-state index contributed by atoms with van der Waals surface area (Å²) in [5.41, 5.74) is -2.12. The largest absolute Gasteiger partial charge is 1.00 e. The maximum Gasteiger partial charge on any atom is 1.00 e. The molecule has 0 amide bonds. The standard InChI is InChI=1S/C34H29N7O14S4.2Na/c1-35-56(46,47)21-5-9-27(42)25(15-21)38-40-31-29(58(50,51)52)13-17-11-19(3-7-23(17)33(31)44)37-20-4-8-24-18(12-20)14-30(59(53,54)55)32(34(24)45)41-39-26-16-22(6-10-28(26)43)57(48,49)36-2;;/h3-16,35-37,42-45H,1-2H3,(H,50,51,52)(H,53,54,55);;/q;2*+1/p-2. The van der Waals surface area contributed by atoms with Gasteiger partial charge in [-0.05, 0) is 97.7 Å². The summed E-state index contributed by atoms with van der Waals surface area (Å²) in [5, 5.41) is 64.6. The van der Waals surface area contributed by atoms with Crippen LogP contribution in [0.1, 0.15) is 0 Å². The maximum absolute atomic E-state index is 12.4. The molecule has 0 fully saturated rings. The Morgan fingerprint density at radius 3 is 1.20 bits per heavy atom. The average Bonchev–Trinajstić information content (AvgIpc) is 3.17. The second kappa shape index (κ2) is 18.6. The molecule has 61 heavy (non-hydrogen) atoms. The van der Waals surface area contributed by atoms with Crippen LogP contribution in [0.3, 0.4) is 0 Å². The normalized spacial score (nSPS) is 12.5. The van der Waals surface area contributed by atoms with Crippen LogP contribution in [0, 0.1) is 0 Å². The van der Waals surface area contributed by atoms with Crippen molar-refractivity contribution in [3.05, 3.63) is 84.9 Å². The minimum Gasteiger partial charge on any atom is -0.871 e. The first-order valence-corrected chi connectivity index (χ1v) is 22.0. The van der Waals surface area contributed by atoms with Gasteiger partial charge >= 0.3 is 59.1 Å². The zero-order chi connectivity index (χ0) is 43.2. The number of anilines is 2. The predicted molar refractivity (Wildman–Crippen MR) is 207 cm³/mol. The Hall–Kier alpha value is -4.32. The van der Waals surface area contributed by atoms with E-state index in [0.29, 0.717) is 0 Å². The quantitative estimate of drug-likeness (QED) is 0.0415. The van der Waals surface area contributed by atoms with Gasteiger partial charge < -0.3 is 25.7 Å². The van der Waals surface area contributed by atoms with Gasteiger partial charge in [-0.15, -0.1) is 10.2 Å². The van der Waals surface area contributed by atoms with Crippen molar-refractivity contribution in [1.29, 1.82) is 0 Å². The van der Waals surface area contributed by atoms with Crippen molar-refractivity contribution in [3.8, 4) is 23.0 Å². The Bertz CT molecular complexity index is 3050. The molecule has 0 spiro atoms. The van der Waals surface area contributed by atoms with Gasteiger partial charge in [-0.3, -0.25) is 9.11 Å². The van der Waals surface area contributed by atoms with Crippen LogP contribution in [-0.2, 0) is 40.3 Å². The van der Waals surface area contributed by atoms with Gasteiger partial charge in [0.15, 0.2) is 11.5 Å². The van der Waals surface area contributed by atoms with Crippen molar-refractivity contribution in [3.63, 3.8) is 0 Å². The number of hydrogen-bond acceptors (Lipinski definition) is 17. The molecule has 0 aromatic heterocycles. The number of phenolic OH excluding ortho intramolecular Hbond substituents is 2. The van der Waals surface area contributed by atoms with Crippen molar-refractivity contribution in [2.75, 3.05) is 19.4 Å². The summed E-state index contributed by atoms with van der Waals surface area (Å²) in [6.07, 6.45) is 0. The Balaban J connectivity index is 0.00000410. The van der Waals surface area contributed by atoms with Gasteiger partial charge in [-0.1, -0.05) is 23.6 Å². The molecule has 0 aliphatic rings. The number of benzene rings is 6. The number of azo groups is 2. The Morgan fingerprint density at radius 2 is 0.869 bits per heavy atom. The Labute approximate surface area is 391 Å². The second-order valence-electron chi connectivity index (χ2n) is 12.2. The molecule has 0 aliphatic carbocycles. The third kappa shape index (κ3) is 10.5. The molecular formula is C34H27N7Na2O14S4. The van der Waals surface area contributed by atoms with Gasteiger partial charge in [0.2, 0.25) is 20.0 Å². The summed E-state index contributed by atoms with van der Waals surface area (Å²) in [4.78, 5) is -2.57. The fraction of sp³-hybridized carbons (Fsp3) is 0.0588. The SMILES string of the molecule is CNS(=O)(=O)c1ccc([O-])c(N=Nc2c(S(=O)(=O)O)cc3cc(Nc4ccc5c(O)c(N=Nc6cc(S(=O)(=O)NC)ccc6[O-])c(S(=O)(=O)O)cc5c4)ccc3c2O)c1.[Na+].[Na+]. The first kappa shape index (κ1) is 49.3. The molecule has 6 rings (SSSR count). The first-order chi connectivity index (χ1) is 27.5. The number of rotatable bonds is 12. The topological polar surface area (TPSA) is 349 Å². The van der Waals surface area contributed by atoms with E-state index in [4.69, 9.17) is 0 Å². The minimum absolute atomic E-state index is 0. The summed E-state index contributed by atoms with van der Waals surface area (Å²) < 4.78 is 123. The van der Waals surface area contributed by atoms with Crippen LogP contribution < -0.4 is 84.1 Å². The summed E-state index contributed by atoms with van der Waals surface area (Å²) in [7, 11) is -16.0. The van der Waals surface area contributed by atoms with Crippen molar-refractivity contribution in [2.45, 2.75) is 19.6 Å². The summed E-state index contributed by atoms with van der Waals surface area (Å²) in [5.74, 6) is -3.16. The summed E-state index contributed by atoms with van der Waals surface area (Å²) in [6, 6.07) is 15.7. The van der Waals surface area contributed by atoms with E-state index in [1.165, 1.54) is 36.4 Å².